The summed E-state index contributed by atoms with van der Waals surface area (Å²) in [6.07, 6.45) is 1.48. The number of carbonyl (C=O) groups excluding carboxylic acids is 1. The van der Waals surface area contributed by atoms with Gasteiger partial charge in [-0.1, -0.05) is 23.7 Å². The first-order valence-electron chi connectivity index (χ1n) is 10.5. The molecule has 0 aliphatic heterocycles. The molecule has 10 heteroatoms. The van der Waals surface area contributed by atoms with Gasteiger partial charge in [-0.3, -0.25) is 4.79 Å². The Kier molecular flexibility index (Phi) is 8.02. The number of nitrogens with zero attached hydrogens (tertiary/aromatic N) is 2. The SMILES string of the molecule is CCOc1cc(/C=N\NC(=O)c2ccc(-c3csc(Nc4ccc(Cl)cc4)n3)cc2)c(Br)cc1O. The number of carbonyl (C=O) groups is 1. The minimum absolute atomic E-state index is 0.0213. The van der Waals surface area contributed by atoms with Gasteiger partial charge < -0.3 is 15.2 Å². The van der Waals surface area contributed by atoms with Crippen LogP contribution in [0, 0.1) is 0 Å². The third-order valence-corrected chi connectivity index (χ3v) is 6.49. The highest BCUT2D eigenvalue weighted by molar-refractivity contribution is 9.10. The van der Waals surface area contributed by atoms with Crippen LogP contribution < -0.4 is 15.5 Å². The molecule has 0 atom stereocenters. The predicted molar refractivity (Wildman–Crippen MR) is 144 cm³/mol. The Labute approximate surface area is 219 Å². The highest BCUT2D eigenvalue weighted by atomic mass is 79.9. The highest BCUT2D eigenvalue weighted by Crippen LogP contribution is 2.32. The summed E-state index contributed by atoms with van der Waals surface area (Å²) in [5.74, 6) is 0.0109. The van der Waals surface area contributed by atoms with E-state index < -0.39 is 0 Å². The Balaban J connectivity index is 1.38. The zero-order valence-corrected chi connectivity index (χ0v) is 21.6. The van der Waals surface area contributed by atoms with Crippen LogP contribution in [0.4, 0.5) is 10.8 Å². The lowest BCUT2D eigenvalue weighted by atomic mass is 10.1. The number of aromatic hydroxyl groups is 1. The Morgan fingerprint density at radius 2 is 1.94 bits per heavy atom. The van der Waals surface area contributed by atoms with Gasteiger partial charge in [0.05, 0.1) is 18.5 Å². The molecular formula is C25H20BrClN4O3S. The third-order valence-electron chi connectivity index (χ3n) is 4.79. The zero-order chi connectivity index (χ0) is 24.8. The summed E-state index contributed by atoms with van der Waals surface area (Å²) >= 11 is 10.8. The fourth-order valence-corrected chi connectivity index (χ4v) is 4.37. The second kappa shape index (κ2) is 11.4. The second-order valence-electron chi connectivity index (χ2n) is 7.22. The lowest BCUT2D eigenvalue weighted by molar-refractivity contribution is 0.0955. The predicted octanol–water partition coefficient (Wildman–Crippen LogP) is 6.84. The van der Waals surface area contributed by atoms with Gasteiger partial charge in [-0.25, -0.2) is 10.4 Å². The number of phenolic OH excluding ortho intramolecular Hbond substituents is 1. The first kappa shape index (κ1) is 24.7. The summed E-state index contributed by atoms with van der Waals surface area (Å²) in [5.41, 5.74) is 6.21. The number of hydrogen-bond donors (Lipinski definition) is 3. The number of benzene rings is 3. The molecule has 3 aromatic carbocycles. The number of ether oxygens (including phenoxy) is 1. The van der Waals surface area contributed by atoms with Crippen LogP contribution in [0.3, 0.4) is 0 Å². The van der Waals surface area contributed by atoms with Crippen LogP contribution in [0.5, 0.6) is 11.5 Å². The van der Waals surface area contributed by atoms with Crippen molar-refractivity contribution in [2.24, 2.45) is 5.10 Å². The molecule has 0 unspecified atom stereocenters. The van der Waals surface area contributed by atoms with E-state index in [1.165, 1.54) is 23.6 Å². The summed E-state index contributed by atoms with van der Waals surface area (Å²) in [4.78, 5) is 17.1. The second-order valence-corrected chi connectivity index (χ2v) is 9.37. The maximum Gasteiger partial charge on any atom is 0.271 e. The van der Waals surface area contributed by atoms with Crippen molar-refractivity contribution in [3.63, 3.8) is 0 Å². The number of rotatable bonds is 8. The number of phenols is 1. The van der Waals surface area contributed by atoms with Crippen molar-refractivity contribution >= 4 is 61.8 Å². The van der Waals surface area contributed by atoms with Crippen LogP contribution >= 0.6 is 38.9 Å². The molecule has 1 heterocycles. The average molecular weight is 572 g/mol. The van der Waals surface area contributed by atoms with Crippen molar-refractivity contribution in [2.75, 3.05) is 11.9 Å². The van der Waals surface area contributed by atoms with Gasteiger partial charge in [-0.2, -0.15) is 5.10 Å². The topological polar surface area (TPSA) is 95.8 Å². The van der Waals surface area contributed by atoms with Gasteiger partial charge in [-0.05, 0) is 71.4 Å². The minimum atomic E-state index is -0.351. The molecule has 0 fully saturated rings. The molecule has 4 rings (SSSR count). The van der Waals surface area contributed by atoms with Gasteiger partial charge in [0.15, 0.2) is 16.6 Å². The summed E-state index contributed by atoms with van der Waals surface area (Å²) in [7, 11) is 0. The molecule has 0 spiro atoms. The molecule has 0 bridgehead atoms. The van der Waals surface area contributed by atoms with Crippen LogP contribution in [-0.4, -0.2) is 28.8 Å². The molecule has 0 saturated heterocycles. The van der Waals surface area contributed by atoms with Crippen molar-refractivity contribution in [1.29, 1.82) is 0 Å². The Morgan fingerprint density at radius 1 is 1.20 bits per heavy atom. The number of anilines is 2. The van der Waals surface area contributed by atoms with Crippen LogP contribution in [0.15, 0.2) is 75.6 Å². The van der Waals surface area contributed by atoms with E-state index >= 15 is 0 Å². The van der Waals surface area contributed by atoms with Crippen molar-refractivity contribution in [3.05, 3.63) is 86.7 Å². The number of thiazole rings is 1. The molecule has 3 N–H and O–H groups in total. The molecule has 1 aromatic heterocycles. The lowest BCUT2D eigenvalue weighted by Crippen LogP contribution is -2.17. The number of halogens is 2. The Hall–Kier alpha value is -3.40. The number of aromatic nitrogens is 1. The van der Waals surface area contributed by atoms with Gasteiger partial charge in [-0.15, -0.1) is 11.3 Å². The van der Waals surface area contributed by atoms with Gasteiger partial charge >= 0.3 is 0 Å². The molecule has 0 aliphatic carbocycles. The molecular weight excluding hydrogens is 552 g/mol. The van der Waals surface area contributed by atoms with Crippen LogP contribution in [0.25, 0.3) is 11.3 Å². The van der Waals surface area contributed by atoms with E-state index in [-0.39, 0.29) is 11.7 Å². The molecule has 178 valence electrons. The molecule has 35 heavy (non-hydrogen) atoms. The van der Waals surface area contributed by atoms with E-state index in [0.29, 0.717) is 33.0 Å². The first-order valence-corrected chi connectivity index (χ1v) is 12.5. The minimum Gasteiger partial charge on any atom is -0.504 e. The number of nitrogens with one attached hydrogen (secondary N) is 2. The van der Waals surface area contributed by atoms with Crippen molar-refractivity contribution < 1.29 is 14.6 Å². The van der Waals surface area contributed by atoms with Crippen LogP contribution in [-0.2, 0) is 0 Å². The van der Waals surface area contributed by atoms with Crippen molar-refractivity contribution in [1.82, 2.24) is 10.4 Å². The van der Waals surface area contributed by atoms with Gasteiger partial charge in [0.25, 0.3) is 5.91 Å². The Bertz CT molecular complexity index is 1360. The van der Waals surface area contributed by atoms with Gasteiger partial charge in [0.2, 0.25) is 0 Å². The van der Waals surface area contributed by atoms with Crippen molar-refractivity contribution in [2.45, 2.75) is 6.92 Å². The van der Waals surface area contributed by atoms with Crippen molar-refractivity contribution in [3.8, 4) is 22.8 Å². The first-order chi connectivity index (χ1) is 16.9. The molecule has 7 nitrogen and oxygen atoms in total. The molecule has 0 radical (unpaired) electrons. The molecule has 0 aliphatic rings. The monoisotopic (exact) mass is 570 g/mol. The maximum absolute atomic E-state index is 12.5. The fraction of sp³-hybridized carbons (Fsp3) is 0.0800. The normalized spacial score (nSPS) is 10.9. The third kappa shape index (κ3) is 6.39. The van der Waals surface area contributed by atoms with E-state index in [0.717, 1.165) is 22.1 Å². The molecule has 1 amide bonds. The van der Waals surface area contributed by atoms with E-state index in [4.69, 9.17) is 16.3 Å². The van der Waals surface area contributed by atoms with E-state index in [1.807, 2.05) is 48.7 Å². The van der Waals surface area contributed by atoms with Gasteiger partial charge in [0, 0.05) is 37.3 Å². The lowest BCUT2D eigenvalue weighted by Gasteiger charge is -2.08. The number of hydrogen-bond acceptors (Lipinski definition) is 7. The number of hydrazone groups is 1. The summed E-state index contributed by atoms with van der Waals surface area (Å²) in [6, 6.07) is 17.7. The largest absolute Gasteiger partial charge is 0.504 e. The molecule has 0 saturated carbocycles. The van der Waals surface area contributed by atoms with Crippen LogP contribution in [0.2, 0.25) is 5.02 Å². The zero-order valence-electron chi connectivity index (χ0n) is 18.5. The summed E-state index contributed by atoms with van der Waals surface area (Å²) in [6.45, 7) is 2.24. The van der Waals surface area contributed by atoms with Crippen LogP contribution in [0.1, 0.15) is 22.8 Å². The van der Waals surface area contributed by atoms with E-state index in [9.17, 15) is 9.90 Å². The smallest absolute Gasteiger partial charge is 0.271 e. The highest BCUT2D eigenvalue weighted by Gasteiger charge is 2.10. The average Bonchev–Trinajstić information content (AvgIpc) is 3.32. The maximum atomic E-state index is 12.5. The molecule has 4 aromatic rings. The van der Waals surface area contributed by atoms with E-state index in [2.05, 4.69) is 36.8 Å². The summed E-state index contributed by atoms with van der Waals surface area (Å²) in [5, 5.41) is 20.6. The Morgan fingerprint density at radius 3 is 2.66 bits per heavy atom. The van der Waals surface area contributed by atoms with E-state index in [1.54, 1.807) is 18.2 Å². The summed E-state index contributed by atoms with van der Waals surface area (Å²) < 4.78 is 6.00. The fourth-order valence-electron chi connectivity index (χ4n) is 3.07. The quantitative estimate of drug-likeness (QED) is 0.159. The number of amides is 1. The van der Waals surface area contributed by atoms with Gasteiger partial charge in [0.1, 0.15) is 0 Å². The standard InChI is InChI=1S/C25H20BrClN4O3S/c1-2-34-23-11-17(20(26)12-22(23)32)13-28-31-24(33)16-5-3-15(4-6-16)21-14-35-25(30-21)29-19-9-7-18(27)8-10-19/h3-14,32H,2H2,1H3,(H,29,30)(H,31,33)/b28-13-.